The average Bonchev–Trinajstić information content (AvgIpc) is 2.65. The lowest BCUT2D eigenvalue weighted by atomic mass is 10.1. The third-order valence-corrected chi connectivity index (χ3v) is 5.44. The molecule has 0 radical (unpaired) electrons. The smallest absolute Gasteiger partial charge is 0.321 e. The number of hydrogen-bond donors (Lipinski definition) is 1. The maximum atomic E-state index is 11.9. The number of aliphatic carboxylic acids is 1. The molecular weight excluding hydrogens is 228 g/mol. The number of hydrogen-bond acceptors (Lipinski definition) is 3. The van der Waals surface area contributed by atoms with E-state index >= 15 is 0 Å². The van der Waals surface area contributed by atoms with E-state index in [9.17, 15) is 13.2 Å². The summed E-state index contributed by atoms with van der Waals surface area (Å²) in [6, 6.07) is 0. The Balaban J connectivity index is 2.68. The van der Waals surface area contributed by atoms with Crippen LogP contribution in [0.3, 0.4) is 0 Å². The van der Waals surface area contributed by atoms with Crippen LogP contribution in [0.15, 0.2) is 0 Å². The van der Waals surface area contributed by atoms with Gasteiger partial charge in [-0.3, -0.25) is 4.79 Å². The number of carbonyl (C=O) groups is 1. The van der Waals surface area contributed by atoms with Gasteiger partial charge in [0, 0.05) is 0 Å². The molecule has 1 aliphatic carbocycles. The summed E-state index contributed by atoms with van der Waals surface area (Å²) in [4.78, 5) is 10.9. The van der Waals surface area contributed by atoms with Gasteiger partial charge in [0.05, 0.1) is 5.75 Å². The number of carboxylic acids is 1. The van der Waals surface area contributed by atoms with Gasteiger partial charge in [0.2, 0.25) is 0 Å². The molecule has 16 heavy (non-hydrogen) atoms. The predicted octanol–water partition coefficient (Wildman–Crippen LogP) is 1.84. The van der Waals surface area contributed by atoms with Gasteiger partial charge in [0.1, 0.15) is 0 Å². The zero-order chi connectivity index (χ0) is 12.2. The number of carboxylic acid groups (broad SMARTS) is 1. The summed E-state index contributed by atoms with van der Waals surface area (Å²) >= 11 is 0. The molecule has 0 aromatic heterocycles. The third-order valence-electron chi connectivity index (χ3n) is 3.20. The first kappa shape index (κ1) is 13.5. The highest BCUT2D eigenvalue weighted by molar-refractivity contribution is 7.92. The van der Waals surface area contributed by atoms with Gasteiger partial charge in [0.25, 0.3) is 0 Å². The van der Waals surface area contributed by atoms with Crippen molar-refractivity contribution in [2.24, 2.45) is 5.92 Å². The van der Waals surface area contributed by atoms with E-state index in [0.717, 1.165) is 25.7 Å². The summed E-state index contributed by atoms with van der Waals surface area (Å²) in [5.74, 6) is -0.951. The minimum atomic E-state index is -3.47. The Bertz CT molecular complexity index is 328. The van der Waals surface area contributed by atoms with Crippen LogP contribution in [-0.2, 0) is 14.6 Å². The molecule has 0 aromatic carbocycles. The molecule has 0 spiro atoms. The first-order chi connectivity index (χ1) is 7.47. The van der Waals surface area contributed by atoms with Crippen LogP contribution in [0, 0.1) is 5.92 Å². The van der Waals surface area contributed by atoms with E-state index in [1.165, 1.54) is 0 Å². The highest BCUT2D eigenvalue weighted by Crippen LogP contribution is 2.27. The molecule has 1 rings (SSSR count). The monoisotopic (exact) mass is 248 g/mol. The summed E-state index contributed by atoms with van der Waals surface area (Å²) < 4.78 is 23.9. The summed E-state index contributed by atoms with van der Waals surface area (Å²) in [5, 5.41) is 7.74. The van der Waals surface area contributed by atoms with Crippen LogP contribution < -0.4 is 0 Å². The topological polar surface area (TPSA) is 71.4 Å². The van der Waals surface area contributed by atoms with Gasteiger partial charge < -0.3 is 5.11 Å². The minimum absolute atomic E-state index is 0.0595. The Morgan fingerprint density at radius 3 is 2.38 bits per heavy atom. The number of rotatable bonds is 6. The van der Waals surface area contributed by atoms with E-state index in [-0.39, 0.29) is 18.1 Å². The van der Waals surface area contributed by atoms with Crippen molar-refractivity contribution >= 4 is 15.8 Å². The molecule has 1 aliphatic rings. The average molecular weight is 248 g/mol. The lowest BCUT2D eigenvalue weighted by Crippen LogP contribution is -2.33. The van der Waals surface area contributed by atoms with Crippen molar-refractivity contribution in [2.75, 3.05) is 5.75 Å². The van der Waals surface area contributed by atoms with Crippen molar-refractivity contribution in [3.63, 3.8) is 0 Å². The van der Waals surface area contributed by atoms with Crippen LogP contribution in [0.25, 0.3) is 0 Å². The predicted molar refractivity (Wildman–Crippen MR) is 62.1 cm³/mol. The molecule has 0 aromatic rings. The quantitative estimate of drug-likeness (QED) is 0.778. The van der Waals surface area contributed by atoms with Gasteiger partial charge in [-0.25, -0.2) is 8.42 Å². The number of sulfone groups is 1. The zero-order valence-corrected chi connectivity index (χ0v) is 10.5. The molecule has 5 heteroatoms. The normalized spacial score (nSPS) is 19.8. The highest BCUT2D eigenvalue weighted by Gasteiger charge is 2.34. The Morgan fingerprint density at radius 1 is 1.38 bits per heavy atom. The Morgan fingerprint density at radius 2 is 1.94 bits per heavy atom. The second-order valence-electron chi connectivity index (χ2n) is 4.60. The molecule has 0 saturated heterocycles. The van der Waals surface area contributed by atoms with Crippen molar-refractivity contribution in [1.29, 1.82) is 0 Å². The van der Waals surface area contributed by atoms with Gasteiger partial charge in [-0.05, 0) is 25.2 Å². The molecule has 1 saturated carbocycles. The van der Waals surface area contributed by atoms with Crippen molar-refractivity contribution in [1.82, 2.24) is 0 Å². The molecule has 4 nitrogen and oxygen atoms in total. The lowest BCUT2D eigenvalue weighted by Gasteiger charge is -2.15. The van der Waals surface area contributed by atoms with Crippen LogP contribution >= 0.6 is 0 Å². The SMILES string of the molecule is CCCC(C(=O)O)S(=O)(=O)CC1CCCC1. The first-order valence-electron chi connectivity index (χ1n) is 5.91. The maximum Gasteiger partial charge on any atom is 0.321 e. The van der Waals surface area contributed by atoms with Gasteiger partial charge >= 0.3 is 5.97 Å². The molecule has 0 heterocycles. The minimum Gasteiger partial charge on any atom is -0.480 e. The molecule has 1 fully saturated rings. The van der Waals surface area contributed by atoms with Crippen LogP contribution in [0.2, 0.25) is 0 Å². The van der Waals surface area contributed by atoms with Crippen molar-refractivity contribution in [3.05, 3.63) is 0 Å². The Hall–Kier alpha value is -0.580. The van der Waals surface area contributed by atoms with Crippen LogP contribution in [0.1, 0.15) is 45.4 Å². The van der Waals surface area contributed by atoms with Crippen molar-refractivity contribution < 1.29 is 18.3 Å². The van der Waals surface area contributed by atoms with E-state index in [1.807, 2.05) is 0 Å². The van der Waals surface area contributed by atoms with Crippen molar-refractivity contribution in [2.45, 2.75) is 50.7 Å². The molecule has 0 amide bonds. The largest absolute Gasteiger partial charge is 0.480 e. The van der Waals surface area contributed by atoms with Crippen LogP contribution in [-0.4, -0.2) is 30.5 Å². The Kier molecular flexibility index (Phi) is 4.77. The fourth-order valence-electron chi connectivity index (χ4n) is 2.34. The van der Waals surface area contributed by atoms with Gasteiger partial charge in [0.15, 0.2) is 15.1 Å². The van der Waals surface area contributed by atoms with E-state index < -0.39 is 21.1 Å². The molecule has 0 aliphatic heterocycles. The molecule has 94 valence electrons. The second-order valence-corrected chi connectivity index (χ2v) is 6.82. The summed E-state index contributed by atoms with van der Waals surface area (Å²) in [5.41, 5.74) is 0. The summed E-state index contributed by atoms with van der Waals surface area (Å²) in [6.07, 6.45) is 4.82. The second kappa shape index (κ2) is 5.66. The summed E-state index contributed by atoms with van der Waals surface area (Å²) in [6.45, 7) is 1.81. The first-order valence-corrected chi connectivity index (χ1v) is 7.63. The van der Waals surface area contributed by atoms with Crippen LogP contribution in [0.5, 0.6) is 0 Å². The Labute approximate surface area is 97.0 Å². The molecule has 1 N–H and O–H groups in total. The molecule has 1 unspecified atom stereocenters. The zero-order valence-electron chi connectivity index (χ0n) is 9.68. The third kappa shape index (κ3) is 3.47. The van der Waals surface area contributed by atoms with Gasteiger partial charge in [-0.15, -0.1) is 0 Å². The van der Waals surface area contributed by atoms with Gasteiger partial charge in [-0.1, -0.05) is 26.2 Å². The van der Waals surface area contributed by atoms with Crippen LogP contribution in [0.4, 0.5) is 0 Å². The van der Waals surface area contributed by atoms with E-state index in [0.29, 0.717) is 6.42 Å². The van der Waals surface area contributed by atoms with Gasteiger partial charge in [-0.2, -0.15) is 0 Å². The van der Waals surface area contributed by atoms with Crippen molar-refractivity contribution in [3.8, 4) is 0 Å². The lowest BCUT2D eigenvalue weighted by molar-refractivity contribution is -0.136. The fraction of sp³-hybridized carbons (Fsp3) is 0.909. The molecule has 1 atom stereocenters. The van der Waals surface area contributed by atoms with E-state index in [4.69, 9.17) is 5.11 Å². The molecule has 0 bridgehead atoms. The highest BCUT2D eigenvalue weighted by atomic mass is 32.2. The maximum absolute atomic E-state index is 11.9. The standard InChI is InChI=1S/C11H20O4S/c1-2-5-10(11(12)13)16(14,15)8-9-6-3-4-7-9/h9-10H,2-8H2,1H3,(H,12,13). The molecular formula is C11H20O4S. The van der Waals surface area contributed by atoms with E-state index in [2.05, 4.69) is 0 Å². The fourth-order valence-corrected chi connectivity index (χ4v) is 4.47. The van der Waals surface area contributed by atoms with E-state index in [1.54, 1.807) is 6.92 Å². The summed E-state index contributed by atoms with van der Waals surface area (Å²) in [7, 11) is -3.47.